The fourth-order valence-corrected chi connectivity index (χ4v) is 2.78. The second-order valence-electron chi connectivity index (χ2n) is 5.06. The number of hydrogen-bond acceptors (Lipinski definition) is 3. The average molecular weight is 345 g/mol. The summed E-state index contributed by atoms with van der Waals surface area (Å²) in [5, 5.41) is 10.2. The molecule has 2 rings (SSSR count). The second-order valence-corrected chi connectivity index (χ2v) is 6.20. The molecule has 0 amide bonds. The number of benzene rings is 2. The van der Waals surface area contributed by atoms with Gasteiger partial charge in [-0.2, -0.15) is 13.2 Å². The van der Waals surface area contributed by atoms with Crippen molar-refractivity contribution in [2.45, 2.75) is 29.0 Å². The van der Waals surface area contributed by atoms with Gasteiger partial charge < -0.3 is 10.8 Å². The molecule has 0 saturated heterocycles. The van der Waals surface area contributed by atoms with E-state index in [4.69, 9.17) is 5.73 Å². The molecule has 0 aliphatic carbocycles. The molecule has 7 heteroatoms. The lowest BCUT2D eigenvalue weighted by Gasteiger charge is -2.19. The molecule has 0 heterocycles. The predicted octanol–water partition coefficient (Wildman–Crippen LogP) is 4.04. The molecule has 0 bridgehead atoms. The van der Waals surface area contributed by atoms with Crippen LogP contribution in [0.1, 0.15) is 17.2 Å². The zero-order valence-electron chi connectivity index (χ0n) is 11.9. The first kappa shape index (κ1) is 17.8. The van der Waals surface area contributed by atoms with Gasteiger partial charge in [0.05, 0.1) is 6.10 Å². The molecule has 0 radical (unpaired) electrons. The molecule has 23 heavy (non-hydrogen) atoms. The summed E-state index contributed by atoms with van der Waals surface area (Å²) < 4.78 is 50.0. The lowest BCUT2D eigenvalue weighted by Crippen LogP contribution is -2.30. The fraction of sp³-hybridized carbons (Fsp3) is 0.250. The summed E-state index contributed by atoms with van der Waals surface area (Å²) >= 11 is -0.197. The molecule has 0 aromatic heterocycles. The van der Waals surface area contributed by atoms with E-state index in [1.807, 2.05) is 0 Å². The molecule has 2 nitrogen and oxygen atoms in total. The smallest absolute Gasteiger partial charge is 0.387 e. The zero-order valence-corrected chi connectivity index (χ0v) is 12.7. The van der Waals surface area contributed by atoms with Gasteiger partial charge in [0.1, 0.15) is 5.82 Å². The largest absolute Gasteiger partial charge is 0.446 e. The maximum absolute atomic E-state index is 12.9. The number of aliphatic hydroxyl groups is 1. The molecule has 0 spiro atoms. The predicted molar refractivity (Wildman–Crippen MR) is 81.4 cm³/mol. The second kappa shape index (κ2) is 7.33. The van der Waals surface area contributed by atoms with Gasteiger partial charge in [0, 0.05) is 10.9 Å². The van der Waals surface area contributed by atoms with Crippen molar-refractivity contribution in [3.05, 3.63) is 65.5 Å². The van der Waals surface area contributed by atoms with Crippen molar-refractivity contribution in [3.63, 3.8) is 0 Å². The maximum Gasteiger partial charge on any atom is 0.446 e. The fourth-order valence-electron chi connectivity index (χ4n) is 2.16. The number of alkyl halides is 3. The van der Waals surface area contributed by atoms with Crippen molar-refractivity contribution in [3.8, 4) is 0 Å². The Hall–Kier alpha value is -1.57. The van der Waals surface area contributed by atoms with E-state index in [1.54, 1.807) is 6.07 Å². The van der Waals surface area contributed by atoms with Gasteiger partial charge in [-0.05, 0) is 53.6 Å². The summed E-state index contributed by atoms with van der Waals surface area (Å²) in [5.74, 6) is -0.425. The molecule has 0 fully saturated rings. The van der Waals surface area contributed by atoms with Gasteiger partial charge in [-0.15, -0.1) is 0 Å². The Balaban J connectivity index is 2.06. The van der Waals surface area contributed by atoms with Crippen molar-refractivity contribution in [2.75, 3.05) is 0 Å². The highest BCUT2D eigenvalue weighted by Crippen LogP contribution is 2.37. The molecule has 0 saturated carbocycles. The van der Waals surface area contributed by atoms with Gasteiger partial charge >= 0.3 is 5.51 Å². The van der Waals surface area contributed by atoms with Crippen LogP contribution in [-0.4, -0.2) is 16.7 Å². The van der Waals surface area contributed by atoms with Crippen LogP contribution in [0.3, 0.4) is 0 Å². The number of nitrogens with two attached hydrogens (primary N) is 1. The van der Waals surface area contributed by atoms with Gasteiger partial charge in [-0.3, -0.25) is 0 Å². The van der Waals surface area contributed by atoms with Crippen molar-refractivity contribution in [1.82, 2.24) is 0 Å². The molecule has 124 valence electrons. The lowest BCUT2D eigenvalue weighted by molar-refractivity contribution is -0.0328. The Morgan fingerprint density at radius 2 is 1.74 bits per heavy atom. The zero-order chi connectivity index (χ0) is 17.0. The summed E-state index contributed by atoms with van der Waals surface area (Å²) in [6.45, 7) is 0. The molecular weight excluding hydrogens is 330 g/mol. The van der Waals surface area contributed by atoms with E-state index in [0.717, 1.165) is 0 Å². The van der Waals surface area contributed by atoms with Crippen LogP contribution in [0.4, 0.5) is 17.6 Å². The summed E-state index contributed by atoms with van der Waals surface area (Å²) in [6, 6.07) is 10.5. The van der Waals surface area contributed by atoms with Crippen LogP contribution < -0.4 is 5.73 Å². The van der Waals surface area contributed by atoms with E-state index in [0.29, 0.717) is 11.1 Å². The van der Waals surface area contributed by atoms with Gasteiger partial charge in [0.15, 0.2) is 0 Å². The minimum absolute atomic E-state index is 0.0680. The molecule has 2 unspecified atom stereocenters. The Morgan fingerprint density at radius 1 is 1.09 bits per heavy atom. The third-order valence-electron chi connectivity index (χ3n) is 3.22. The number of thioether (sulfide) groups is 1. The molecule has 2 aromatic carbocycles. The van der Waals surface area contributed by atoms with Crippen LogP contribution in [-0.2, 0) is 6.42 Å². The number of aliphatic hydroxyl groups excluding tert-OH is 1. The first-order chi connectivity index (χ1) is 10.7. The van der Waals surface area contributed by atoms with Gasteiger partial charge in [-0.1, -0.05) is 24.3 Å². The molecule has 2 aromatic rings. The summed E-state index contributed by atoms with van der Waals surface area (Å²) in [6.07, 6.45) is -0.834. The van der Waals surface area contributed by atoms with Crippen LogP contribution in [0.15, 0.2) is 53.4 Å². The van der Waals surface area contributed by atoms with Crippen LogP contribution in [0.25, 0.3) is 0 Å². The minimum Gasteiger partial charge on any atom is -0.387 e. The molecule has 3 N–H and O–H groups in total. The minimum atomic E-state index is -4.35. The first-order valence-corrected chi connectivity index (χ1v) is 7.60. The Kier molecular flexibility index (Phi) is 5.67. The molecule has 2 atom stereocenters. The van der Waals surface area contributed by atoms with Crippen LogP contribution >= 0.6 is 11.8 Å². The standard InChI is InChI=1S/C16H15F4NOS/c17-12-6-4-11(5-7-12)15(22)14(21)9-10-2-1-3-13(8-10)23-16(18,19)20/h1-8,14-15,22H,9,21H2. The number of hydrogen-bond donors (Lipinski definition) is 2. The van der Waals surface area contributed by atoms with E-state index in [1.165, 1.54) is 42.5 Å². The Bertz CT molecular complexity index is 645. The third kappa shape index (κ3) is 5.53. The van der Waals surface area contributed by atoms with Gasteiger partial charge in [-0.25, -0.2) is 4.39 Å². The molecule has 0 aliphatic rings. The quantitative estimate of drug-likeness (QED) is 0.635. The van der Waals surface area contributed by atoms with E-state index in [9.17, 15) is 22.7 Å². The maximum atomic E-state index is 12.9. The summed E-state index contributed by atoms with van der Waals surface area (Å²) in [4.78, 5) is 0.0680. The van der Waals surface area contributed by atoms with Crippen molar-refractivity contribution in [2.24, 2.45) is 5.73 Å². The van der Waals surface area contributed by atoms with Gasteiger partial charge in [0.2, 0.25) is 0 Å². The highest BCUT2D eigenvalue weighted by Gasteiger charge is 2.29. The summed E-state index contributed by atoms with van der Waals surface area (Å²) in [7, 11) is 0. The van der Waals surface area contributed by atoms with Crippen molar-refractivity contribution >= 4 is 11.8 Å². The monoisotopic (exact) mass is 345 g/mol. The highest BCUT2D eigenvalue weighted by atomic mass is 32.2. The number of rotatable bonds is 5. The first-order valence-electron chi connectivity index (χ1n) is 6.78. The third-order valence-corrected chi connectivity index (χ3v) is 3.94. The van der Waals surface area contributed by atoms with E-state index >= 15 is 0 Å². The lowest BCUT2D eigenvalue weighted by atomic mass is 9.97. The highest BCUT2D eigenvalue weighted by molar-refractivity contribution is 8.00. The van der Waals surface area contributed by atoms with Crippen LogP contribution in [0.5, 0.6) is 0 Å². The van der Waals surface area contributed by atoms with Crippen LogP contribution in [0, 0.1) is 5.82 Å². The molecule has 0 aliphatic heterocycles. The molecular formula is C16H15F4NOS. The Labute approximate surface area is 135 Å². The Morgan fingerprint density at radius 3 is 2.35 bits per heavy atom. The SMILES string of the molecule is NC(Cc1cccc(SC(F)(F)F)c1)C(O)c1ccc(F)cc1. The van der Waals surface area contributed by atoms with Gasteiger partial charge in [0.25, 0.3) is 0 Å². The van der Waals surface area contributed by atoms with E-state index < -0.39 is 23.5 Å². The van der Waals surface area contributed by atoms with Crippen molar-refractivity contribution < 1.29 is 22.7 Å². The van der Waals surface area contributed by atoms with E-state index in [-0.39, 0.29) is 23.1 Å². The van der Waals surface area contributed by atoms with Crippen molar-refractivity contribution in [1.29, 1.82) is 0 Å². The van der Waals surface area contributed by atoms with E-state index in [2.05, 4.69) is 0 Å². The summed E-state index contributed by atoms with van der Waals surface area (Å²) in [5.41, 5.74) is 2.62. The van der Waals surface area contributed by atoms with Crippen LogP contribution in [0.2, 0.25) is 0 Å². The number of halogens is 4. The topological polar surface area (TPSA) is 46.2 Å². The average Bonchev–Trinajstić information content (AvgIpc) is 2.46. The normalized spacial score (nSPS) is 14.5.